The van der Waals surface area contributed by atoms with Crippen molar-refractivity contribution in [3.8, 4) is 78.5 Å². The molecule has 6 heteroatoms. The Kier molecular flexibility index (Phi) is 25.8. The van der Waals surface area contributed by atoms with Crippen molar-refractivity contribution in [1.29, 1.82) is 0 Å². The average Bonchev–Trinajstić information content (AvgIpc) is 1.57. The van der Waals surface area contributed by atoms with E-state index in [1.807, 2.05) is 12.2 Å². The van der Waals surface area contributed by atoms with Crippen LogP contribution in [-0.4, -0.2) is 23.4 Å². The summed E-state index contributed by atoms with van der Waals surface area (Å²) >= 11 is 0. The van der Waals surface area contributed by atoms with E-state index in [9.17, 15) is 0 Å². The molecule has 0 spiro atoms. The van der Waals surface area contributed by atoms with E-state index in [0.717, 1.165) is 77.8 Å². The Balaban J connectivity index is 0.000000177. The van der Waals surface area contributed by atoms with Gasteiger partial charge in [-0.2, -0.15) is 0 Å². The van der Waals surface area contributed by atoms with Crippen LogP contribution >= 0.6 is 0 Å². The Morgan fingerprint density at radius 2 is 0.580 bits per heavy atom. The molecular formula is C137H132N4O2. The molecule has 0 aliphatic heterocycles. The van der Waals surface area contributed by atoms with Crippen molar-refractivity contribution in [1.82, 2.24) is 9.13 Å². The predicted molar refractivity (Wildman–Crippen MR) is 610 cm³/mol. The van der Waals surface area contributed by atoms with Crippen LogP contribution in [0.2, 0.25) is 0 Å². The maximum absolute atomic E-state index is 5.90. The van der Waals surface area contributed by atoms with Crippen molar-refractivity contribution in [2.45, 2.75) is 189 Å². The van der Waals surface area contributed by atoms with E-state index >= 15 is 0 Å². The molecule has 17 aromatic carbocycles. The summed E-state index contributed by atoms with van der Waals surface area (Å²) in [7, 11) is 3.47. The highest BCUT2D eigenvalue weighted by Gasteiger charge is 2.45. The van der Waals surface area contributed by atoms with Crippen LogP contribution in [0.4, 0.5) is 34.1 Å². The number of rotatable bonds is 30. The van der Waals surface area contributed by atoms with Crippen LogP contribution in [0.15, 0.2) is 353 Å². The van der Waals surface area contributed by atoms with Crippen LogP contribution in [-0.2, 0) is 54.8 Å². The van der Waals surface area contributed by atoms with Gasteiger partial charge in [-0.3, -0.25) is 0 Å². The lowest BCUT2D eigenvalue weighted by Crippen LogP contribution is -2.31. The van der Waals surface area contributed by atoms with Gasteiger partial charge in [-0.25, -0.2) is 0 Å². The van der Waals surface area contributed by atoms with Gasteiger partial charge in [0.1, 0.15) is 11.5 Å². The average molecular weight is 1870 g/mol. The first kappa shape index (κ1) is 94.3. The number of aromatic nitrogens is 2. The van der Waals surface area contributed by atoms with Gasteiger partial charge in [0.2, 0.25) is 0 Å². The van der Waals surface area contributed by atoms with E-state index in [1.165, 1.54) is 268 Å². The van der Waals surface area contributed by atoms with Crippen LogP contribution in [0.5, 0.6) is 11.5 Å². The van der Waals surface area contributed by atoms with Gasteiger partial charge in [0.15, 0.2) is 0 Å². The number of methoxy groups -OCH3 is 2. The first-order chi connectivity index (χ1) is 69.6. The van der Waals surface area contributed by atoms with Crippen molar-refractivity contribution in [3.63, 3.8) is 0 Å². The fraction of sp³-hybridized carbons (Fsp3) is 0.226. The van der Waals surface area contributed by atoms with E-state index in [1.54, 1.807) is 14.2 Å². The number of fused-ring (bicyclic) bond motifs is 15. The predicted octanol–water partition coefficient (Wildman–Crippen LogP) is 37.1. The summed E-state index contributed by atoms with van der Waals surface area (Å²) in [6, 6.07) is 130. The minimum Gasteiger partial charge on any atom is -0.496 e. The maximum Gasteiger partial charge on any atom is 0.127 e. The molecule has 0 radical (unpaired) electrons. The second-order valence-corrected chi connectivity index (χ2v) is 41.8. The molecule has 3 aliphatic carbocycles. The van der Waals surface area contributed by atoms with E-state index in [2.05, 4.69) is 455 Å². The van der Waals surface area contributed by atoms with E-state index < -0.39 is 0 Å². The summed E-state index contributed by atoms with van der Waals surface area (Å²) in [5, 5.41) is 4.98. The minimum absolute atomic E-state index is 0.222. The summed E-state index contributed by atoms with van der Waals surface area (Å²) in [4.78, 5) is 4.90. The first-order valence-electron chi connectivity index (χ1n) is 52.2. The van der Waals surface area contributed by atoms with Crippen molar-refractivity contribution >= 4 is 89.9 Å². The number of nitrogens with zero attached hydrogens (tertiary/aromatic N) is 4. The third-order valence-corrected chi connectivity index (χ3v) is 31.5. The highest BCUT2D eigenvalue weighted by atomic mass is 16.5. The van der Waals surface area contributed by atoms with Gasteiger partial charge in [0.05, 0.1) is 36.3 Å². The molecule has 19 aromatic rings. The van der Waals surface area contributed by atoms with Crippen molar-refractivity contribution in [2.24, 2.45) is 0 Å². The number of hydrogen-bond donors (Lipinski definition) is 0. The summed E-state index contributed by atoms with van der Waals surface area (Å²) in [5.41, 5.74) is 49.5. The quantitative estimate of drug-likeness (QED) is 0.0449. The Bertz CT molecular complexity index is 7920. The van der Waals surface area contributed by atoms with Crippen LogP contribution < -0.4 is 19.3 Å². The molecule has 0 atom stereocenters. The van der Waals surface area contributed by atoms with Gasteiger partial charge in [-0.05, 0) is 389 Å². The molecule has 2 aromatic heterocycles. The van der Waals surface area contributed by atoms with Gasteiger partial charge in [-0.15, -0.1) is 0 Å². The molecule has 0 saturated carbocycles. The number of ether oxygens (including phenoxy) is 2. The van der Waals surface area contributed by atoms with E-state index in [-0.39, 0.29) is 16.2 Å². The van der Waals surface area contributed by atoms with E-state index in [4.69, 9.17) is 9.47 Å². The second-order valence-electron chi connectivity index (χ2n) is 41.8. The molecule has 6 nitrogen and oxygen atoms in total. The first-order valence-corrected chi connectivity index (χ1v) is 52.2. The lowest BCUT2D eigenvalue weighted by Gasteiger charge is -2.33. The monoisotopic (exact) mass is 1870 g/mol. The summed E-state index contributed by atoms with van der Waals surface area (Å²) < 4.78 is 16.6. The van der Waals surface area contributed by atoms with Crippen LogP contribution in [0.3, 0.4) is 0 Å². The Labute approximate surface area is 847 Å². The molecule has 22 rings (SSSR count). The van der Waals surface area contributed by atoms with Crippen LogP contribution in [0, 0.1) is 27.7 Å². The molecule has 0 fully saturated rings. The number of unbranched alkanes of at least 4 members (excludes halogenated alkanes) is 4. The fourth-order valence-corrected chi connectivity index (χ4v) is 23.6. The molecule has 2 heterocycles. The molecule has 0 bridgehead atoms. The zero-order valence-electron chi connectivity index (χ0n) is 85.9. The summed E-state index contributed by atoms with van der Waals surface area (Å²) in [6.07, 6.45) is 19.7. The Hall–Kier alpha value is -15.0. The third kappa shape index (κ3) is 17.5. The van der Waals surface area contributed by atoms with Gasteiger partial charge in [-0.1, -0.05) is 299 Å². The Morgan fingerprint density at radius 1 is 0.273 bits per heavy atom. The SMILES string of the molecule is C=Cc1ccc(CC2(Cc3ccc(C=C)cc3)c3cc(C)ccc3-c3ccc(-c4ccc5c(c4)c4cc(C)ccc4n5-c4ccc5c(c4)C(C)(C)c4cc(N(c6ccc(CCCC)cc6)c6ccc(CCCC)cc6)ccc4-5)cc32)cc1.CCCCc1ccc(N(c2ccc(CCCC)cc2)c2ccc3c(c2)C(C)(C)c2cc(-n4c5ccc(C)cc5c5cc(-c6cc(OC)c(C)cc6OC)ccc54)ccc2-3)cc1. The molecule has 0 saturated heterocycles. The zero-order valence-corrected chi connectivity index (χ0v) is 85.9. The minimum atomic E-state index is -0.308. The highest BCUT2D eigenvalue weighted by Crippen LogP contribution is 2.58. The number of aryl methyl sites for hydroxylation is 8. The fourth-order valence-electron chi connectivity index (χ4n) is 23.6. The topological polar surface area (TPSA) is 34.8 Å². The van der Waals surface area contributed by atoms with Gasteiger partial charge in [0, 0.05) is 88.9 Å². The van der Waals surface area contributed by atoms with Crippen molar-refractivity contribution in [3.05, 3.63) is 453 Å². The second kappa shape index (κ2) is 39.1. The number of hydrogen-bond acceptors (Lipinski definition) is 4. The van der Waals surface area contributed by atoms with Crippen LogP contribution in [0.1, 0.15) is 207 Å². The maximum atomic E-state index is 5.90. The normalized spacial score (nSPS) is 13.2. The van der Waals surface area contributed by atoms with Crippen LogP contribution in [0.25, 0.3) is 123 Å². The lowest BCUT2D eigenvalue weighted by molar-refractivity contribution is 0.402. The smallest absolute Gasteiger partial charge is 0.127 e. The summed E-state index contributed by atoms with van der Waals surface area (Å²) in [5.74, 6) is 1.69. The van der Waals surface area contributed by atoms with Crippen molar-refractivity contribution in [2.75, 3.05) is 24.0 Å². The Morgan fingerprint density at radius 3 is 0.979 bits per heavy atom. The number of anilines is 6. The molecule has 0 N–H and O–H groups in total. The molecular weight excluding hydrogens is 1730 g/mol. The standard InChI is InChI=1S/C80H74N2.C57H58N2O2/c1-9-13-15-57-27-33-63(34-28-57)81(64-35-29-58(30-36-64)16-14-10-2)65-37-41-67-68-42-38-66(50-74(68)79(7,8)73(67)49-65)82-77-43-18-53(5)45-71(77)72-47-61(32-44-78(72)82)62-31-40-70-69-39-17-54(6)46-75(69)80(76(70)48-62,51-59-23-19-55(11-3)20-24-59)52-60-25-21-56(12-4)22-26-60;1-9-11-13-39-16-21-42(22-17-39)58(43-23-18-40(19-24-43)14-12-10-2)44-25-27-46-47-28-26-45(35-52(47)57(5,6)51(46)34-44)59-53-29-15-37(3)31-49(53)50-33-41(20-30-54(50)59)48-36-55(60-7)38(4)32-56(48)61-8/h11-12,17-50H,3-4,9-10,13-16,51-52H2,1-2,5-8H3;15-36H,9-14H2,1-8H3. The molecule has 0 unspecified atom stereocenters. The molecule has 0 amide bonds. The van der Waals surface area contributed by atoms with Gasteiger partial charge in [0.25, 0.3) is 0 Å². The molecule has 3 aliphatic rings. The van der Waals surface area contributed by atoms with Gasteiger partial charge >= 0.3 is 0 Å². The molecule has 712 valence electrons. The lowest BCUT2D eigenvalue weighted by atomic mass is 9.69. The highest BCUT2D eigenvalue weighted by molar-refractivity contribution is 6.13. The summed E-state index contributed by atoms with van der Waals surface area (Å²) in [6.45, 7) is 35.5. The van der Waals surface area contributed by atoms with Crippen molar-refractivity contribution < 1.29 is 9.47 Å². The van der Waals surface area contributed by atoms with Gasteiger partial charge < -0.3 is 28.4 Å². The zero-order chi connectivity index (χ0) is 98.7. The molecule has 143 heavy (non-hydrogen) atoms. The number of benzene rings is 17. The largest absolute Gasteiger partial charge is 0.496 e. The third-order valence-electron chi connectivity index (χ3n) is 31.5. The van der Waals surface area contributed by atoms with E-state index in [0.29, 0.717) is 0 Å².